The highest BCUT2D eigenvalue weighted by atomic mass is 32.1. The molecule has 0 atom stereocenters. The van der Waals surface area contributed by atoms with Gasteiger partial charge in [0.15, 0.2) is 0 Å². The minimum atomic E-state index is 0.828. The van der Waals surface area contributed by atoms with Crippen LogP contribution in [0.25, 0.3) is 10.6 Å². The van der Waals surface area contributed by atoms with Gasteiger partial charge in [-0.05, 0) is 51.7 Å². The molecule has 4 rings (SSSR count). The molecule has 1 saturated carbocycles. The molecule has 0 N–H and O–H groups in total. The number of amides is 1. The highest BCUT2D eigenvalue weighted by molar-refractivity contribution is 7.15. The van der Waals surface area contributed by atoms with Gasteiger partial charge in [-0.25, -0.2) is 4.98 Å². The summed E-state index contributed by atoms with van der Waals surface area (Å²) in [5, 5.41) is 1.16. The van der Waals surface area contributed by atoms with E-state index in [2.05, 4.69) is 55.8 Å². The van der Waals surface area contributed by atoms with Gasteiger partial charge in [0, 0.05) is 42.7 Å². The summed E-state index contributed by atoms with van der Waals surface area (Å²) in [5.74, 6) is 0. The van der Waals surface area contributed by atoms with Crippen LogP contribution in [0.4, 0.5) is 0 Å². The second-order valence-electron chi connectivity index (χ2n) is 8.32. The first-order valence-corrected chi connectivity index (χ1v) is 11.8. The molecular formula is C24H35N3OS. The van der Waals surface area contributed by atoms with Crippen molar-refractivity contribution in [2.24, 2.45) is 0 Å². The maximum Gasteiger partial charge on any atom is 0.209 e. The lowest BCUT2D eigenvalue weighted by Crippen LogP contribution is -2.49. The van der Waals surface area contributed by atoms with Crippen LogP contribution in [0.3, 0.4) is 0 Å². The van der Waals surface area contributed by atoms with Gasteiger partial charge in [0.05, 0.1) is 5.69 Å². The summed E-state index contributed by atoms with van der Waals surface area (Å²) in [6, 6.07) is 7.38. The molecule has 1 aliphatic heterocycles. The molecule has 1 aromatic heterocycles. The second-order valence-corrected chi connectivity index (χ2v) is 9.40. The third-order valence-electron chi connectivity index (χ3n) is 6.18. The third kappa shape index (κ3) is 5.67. The Hall–Kier alpha value is -1.72. The van der Waals surface area contributed by atoms with Gasteiger partial charge in [-0.3, -0.25) is 9.69 Å². The number of aromatic nitrogens is 1. The summed E-state index contributed by atoms with van der Waals surface area (Å²) in [4.78, 5) is 21.0. The lowest BCUT2D eigenvalue weighted by molar-refractivity contribution is -0.120. The number of benzene rings is 1. The molecule has 1 aromatic carbocycles. The Balaban J connectivity index is 0.000000169. The largest absolute Gasteiger partial charge is 0.343 e. The summed E-state index contributed by atoms with van der Waals surface area (Å²) in [6.07, 6.45) is 7.61. The van der Waals surface area contributed by atoms with Crippen molar-refractivity contribution in [1.82, 2.24) is 14.8 Å². The minimum absolute atomic E-state index is 0.828. The van der Waals surface area contributed by atoms with E-state index < -0.39 is 0 Å². The number of rotatable bonds is 4. The normalized spacial score (nSPS) is 17.9. The molecule has 4 nitrogen and oxygen atoms in total. The fraction of sp³-hybridized carbons (Fsp3) is 0.583. The van der Waals surface area contributed by atoms with E-state index >= 15 is 0 Å². The van der Waals surface area contributed by atoms with E-state index in [1.807, 2.05) is 16.2 Å². The number of aryl methyl sites for hydroxylation is 4. The summed E-state index contributed by atoms with van der Waals surface area (Å²) in [7, 11) is 0. The zero-order valence-corrected chi connectivity index (χ0v) is 19.2. The van der Waals surface area contributed by atoms with Crippen LogP contribution in [-0.4, -0.2) is 53.4 Å². The molecule has 2 fully saturated rings. The Morgan fingerprint density at radius 2 is 1.79 bits per heavy atom. The molecule has 1 saturated heterocycles. The fourth-order valence-corrected chi connectivity index (χ4v) is 5.40. The van der Waals surface area contributed by atoms with E-state index in [1.165, 1.54) is 52.9 Å². The van der Waals surface area contributed by atoms with Gasteiger partial charge in [0.25, 0.3) is 0 Å². The molecule has 29 heavy (non-hydrogen) atoms. The molecule has 0 radical (unpaired) electrons. The lowest BCUT2D eigenvalue weighted by Gasteiger charge is -2.36. The van der Waals surface area contributed by atoms with Crippen LogP contribution in [0.2, 0.25) is 0 Å². The van der Waals surface area contributed by atoms with Gasteiger partial charge in [-0.15, -0.1) is 11.3 Å². The molecule has 0 spiro atoms. The van der Waals surface area contributed by atoms with Crippen molar-refractivity contribution in [3.05, 3.63) is 39.9 Å². The summed E-state index contributed by atoms with van der Waals surface area (Å²) in [5.41, 5.74) is 5.07. The van der Waals surface area contributed by atoms with Crippen molar-refractivity contribution in [3.8, 4) is 10.6 Å². The van der Waals surface area contributed by atoms with Crippen molar-refractivity contribution in [3.63, 3.8) is 0 Å². The van der Waals surface area contributed by atoms with E-state index in [0.717, 1.165) is 50.1 Å². The Bertz CT molecular complexity index is 802. The number of hydrogen-bond acceptors (Lipinski definition) is 4. The Morgan fingerprint density at radius 1 is 1.10 bits per heavy atom. The first-order chi connectivity index (χ1) is 14.0. The zero-order chi connectivity index (χ0) is 20.8. The quantitative estimate of drug-likeness (QED) is 0.662. The molecule has 0 bridgehead atoms. The average Bonchev–Trinajstić information content (AvgIpc) is 3.40. The van der Waals surface area contributed by atoms with Crippen LogP contribution in [0.5, 0.6) is 0 Å². The van der Waals surface area contributed by atoms with Gasteiger partial charge >= 0.3 is 0 Å². The molecular weight excluding hydrogens is 378 g/mol. The number of hydrogen-bond donors (Lipinski definition) is 0. The zero-order valence-electron chi connectivity index (χ0n) is 18.4. The molecule has 2 heterocycles. The number of nitrogens with zero attached hydrogens (tertiary/aromatic N) is 3. The fourth-order valence-electron chi connectivity index (χ4n) is 4.31. The van der Waals surface area contributed by atoms with Crippen LogP contribution in [0.15, 0.2) is 18.2 Å². The Labute approximate surface area is 179 Å². The van der Waals surface area contributed by atoms with Crippen molar-refractivity contribution in [2.75, 3.05) is 26.2 Å². The van der Waals surface area contributed by atoms with Gasteiger partial charge in [-0.1, -0.05) is 37.5 Å². The standard InChI is InChI=1S/C14H17NS.C10H18N2O/c1-5-13-11(4)15-14(16-13)12-8-9(2)6-7-10(12)3;13-9-11-5-7-12(8-6-11)10-3-1-2-4-10/h6-8H,5H2,1-4H3;9-10H,1-8H2. The number of carbonyl (C=O) groups excluding carboxylic acids is 1. The number of thiazole rings is 1. The monoisotopic (exact) mass is 413 g/mol. The summed E-state index contributed by atoms with van der Waals surface area (Å²) in [6.45, 7) is 12.6. The predicted octanol–water partition coefficient (Wildman–Crippen LogP) is 5.00. The van der Waals surface area contributed by atoms with Crippen LogP contribution in [0.1, 0.15) is 54.3 Å². The topological polar surface area (TPSA) is 36.4 Å². The molecule has 1 amide bonds. The number of carbonyl (C=O) groups is 1. The SMILES string of the molecule is CCc1sc(-c2cc(C)ccc2C)nc1C.O=CN1CCN(C2CCCC2)CC1. The first-order valence-electron chi connectivity index (χ1n) is 11.0. The molecule has 1 aliphatic carbocycles. The molecule has 0 unspecified atom stereocenters. The highest BCUT2D eigenvalue weighted by Crippen LogP contribution is 2.31. The average molecular weight is 414 g/mol. The Morgan fingerprint density at radius 3 is 2.38 bits per heavy atom. The molecule has 2 aliphatic rings. The maximum absolute atomic E-state index is 10.5. The van der Waals surface area contributed by atoms with E-state index in [0.29, 0.717) is 0 Å². The maximum atomic E-state index is 10.5. The van der Waals surface area contributed by atoms with Crippen LogP contribution in [-0.2, 0) is 11.2 Å². The van der Waals surface area contributed by atoms with E-state index in [1.54, 1.807) is 0 Å². The van der Waals surface area contributed by atoms with Crippen LogP contribution in [0, 0.1) is 20.8 Å². The van der Waals surface area contributed by atoms with Crippen molar-refractivity contribution < 1.29 is 4.79 Å². The van der Waals surface area contributed by atoms with Crippen LogP contribution < -0.4 is 0 Å². The summed E-state index contributed by atoms with van der Waals surface area (Å²) >= 11 is 1.82. The highest BCUT2D eigenvalue weighted by Gasteiger charge is 2.25. The minimum Gasteiger partial charge on any atom is -0.343 e. The van der Waals surface area contributed by atoms with Gasteiger partial charge < -0.3 is 4.90 Å². The van der Waals surface area contributed by atoms with Crippen molar-refractivity contribution in [2.45, 2.75) is 65.8 Å². The lowest BCUT2D eigenvalue weighted by atomic mass is 10.1. The molecule has 5 heteroatoms. The third-order valence-corrected chi connectivity index (χ3v) is 7.51. The van der Waals surface area contributed by atoms with E-state index in [-0.39, 0.29) is 0 Å². The smallest absolute Gasteiger partial charge is 0.209 e. The second kappa shape index (κ2) is 10.4. The molecule has 158 valence electrons. The summed E-state index contributed by atoms with van der Waals surface area (Å²) < 4.78 is 0. The van der Waals surface area contributed by atoms with Gasteiger partial charge in [-0.2, -0.15) is 0 Å². The van der Waals surface area contributed by atoms with E-state index in [9.17, 15) is 4.79 Å². The molecule has 2 aromatic rings. The van der Waals surface area contributed by atoms with Crippen molar-refractivity contribution >= 4 is 17.7 Å². The van der Waals surface area contributed by atoms with Crippen LogP contribution >= 0.6 is 11.3 Å². The van der Waals surface area contributed by atoms with Gasteiger partial charge in [0.2, 0.25) is 6.41 Å². The Kier molecular flexibility index (Phi) is 7.84. The predicted molar refractivity (Wildman–Crippen MR) is 123 cm³/mol. The van der Waals surface area contributed by atoms with E-state index in [4.69, 9.17) is 0 Å². The number of piperazine rings is 1. The van der Waals surface area contributed by atoms with Crippen molar-refractivity contribution in [1.29, 1.82) is 0 Å². The first kappa shape index (κ1) is 22.0. The van der Waals surface area contributed by atoms with Gasteiger partial charge in [0.1, 0.15) is 5.01 Å².